The lowest BCUT2D eigenvalue weighted by Crippen LogP contribution is -2.29. The Morgan fingerprint density at radius 2 is 1.94 bits per heavy atom. The van der Waals surface area contributed by atoms with E-state index in [-0.39, 0.29) is 23.9 Å². The molecule has 0 saturated heterocycles. The standard InChI is InChI=1S/C24H32FNO5/c1-3-5-18(24(27)28)12-13-29-20-6-4-7-21(14-20)30-15-22-16(2)31-23(26-22)17-8-10-19(25)11-9-17/h8-11,18,20-21H,3-7,12-15H2,1-2H3,(H,27,28). The van der Waals surface area contributed by atoms with E-state index in [2.05, 4.69) is 4.98 Å². The first-order valence-corrected chi connectivity index (χ1v) is 11.1. The summed E-state index contributed by atoms with van der Waals surface area (Å²) in [6, 6.07) is 6.05. The number of halogens is 1. The van der Waals surface area contributed by atoms with Crippen molar-refractivity contribution in [3.05, 3.63) is 41.5 Å². The average molecular weight is 434 g/mol. The number of carboxylic acid groups (broad SMARTS) is 1. The smallest absolute Gasteiger partial charge is 0.306 e. The molecule has 1 fully saturated rings. The number of ether oxygens (including phenoxy) is 2. The molecule has 1 aliphatic rings. The van der Waals surface area contributed by atoms with Crippen molar-refractivity contribution in [2.24, 2.45) is 5.92 Å². The molecule has 1 saturated carbocycles. The van der Waals surface area contributed by atoms with Gasteiger partial charge in [0.2, 0.25) is 5.89 Å². The van der Waals surface area contributed by atoms with Crippen molar-refractivity contribution in [2.75, 3.05) is 6.61 Å². The Balaban J connectivity index is 1.46. The fourth-order valence-corrected chi connectivity index (χ4v) is 4.00. The number of aromatic nitrogens is 1. The molecule has 0 radical (unpaired) electrons. The molecule has 0 spiro atoms. The number of carboxylic acids is 1. The Labute approximate surface area is 182 Å². The van der Waals surface area contributed by atoms with Crippen LogP contribution < -0.4 is 0 Å². The minimum absolute atomic E-state index is 0.0787. The number of hydrogen-bond acceptors (Lipinski definition) is 5. The summed E-state index contributed by atoms with van der Waals surface area (Å²) in [7, 11) is 0. The summed E-state index contributed by atoms with van der Waals surface area (Å²) in [4.78, 5) is 15.8. The third-order valence-electron chi connectivity index (χ3n) is 5.82. The van der Waals surface area contributed by atoms with Crippen LogP contribution in [0.3, 0.4) is 0 Å². The van der Waals surface area contributed by atoms with E-state index < -0.39 is 5.97 Å². The number of aliphatic carboxylic acids is 1. The van der Waals surface area contributed by atoms with Crippen molar-refractivity contribution >= 4 is 5.97 Å². The molecule has 3 rings (SSSR count). The largest absolute Gasteiger partial charge is 0.481 e. The van der Waals surface area contributed by atoms with Gasteiger partial charge in [-0.05, 0) is 69.7 Å². The Kier molecular flexibility index (Phi) is 8.60. The second-order valence-corrected chi connectivity index (χ2v) is 8.23. The van der Waals surface area contributed by atoms with Crippen molar-refractivity contribution in [3.63, 3.8) is 0 Å². The topological polar surface area (TPSA) is 81.8 Å². The third-order valence-corrected chi connectivity index (χ3v) is 5.82. The van der Waals surface area contributed by atoms with E-state index in [4.69, 9.17) is 13.9 Å². The van der Waals surface area contributed by atoms with Gasteiger partial charge in [0, 0.05) is 12.2 Å². The van der Waals surface area contributed by atoms with Gasteiger partial charge in [0.15, 0.2) is 0 Å². The van der Waals surface area contributed by atoms with Crippen LogP contribution in [0.2, 0.25) is 0 Å². The fourth-order valence-electron chi connectivity index (χ4n) is 4.00. The van der Waals surface area contributed by atoms with Gasteiger partial charge >= 0.3 is 5.97 Å². The molecule has 31 heavy (non-hydrogen) atoms. The first-order chi connectivity index (χ1) is 15.0. The average Bonchev–Trinajstić information content (AvgIpc) is 3.13. The van der Waals surface area contributed by atoms with Gasteiger partial charge in [0.05, 0.1) is 24.7 Å². The van der Waals surface area contributed by atoms with E-state index in [0.29, 0.717) is 37.7 Å². The van der Waals surface area contributed by atoms with Crippen LogP contribution in [0, 0.1) is 18.7 Å². The van der Waals surface area contributed by atoms with Crippen molar-refractivity contribution < 1.29 is 28.2 Å². The molecule has 0 amide bonds. The van der Waals surface area contributed by atoms with E-state index >= 15 is 0 Å². The molecule has 1 N–H and O–H groups in total. The number of nitrogens with zero attached hydrogens (tertiary/aromatic N) is 1. The summed E-state index contributed by atoms with van der Waals surface area (Å²) in [6.45, 7) is 4.67. The van der Waals surface area contributed by atoms with Gasteiger partial charge < -0.3 is 19.0 Å². The fraction of sp³-hybridized carbons (Fsp3) is 0.583. The summed E-state index contributed by atoms with van der Waals surface area (Å²) in [5.41, 5.74) is 1.47. The second-order valence-electron chi connectivity index (χ2n) is 8.23. The Morgan fingerprint density at radius 3 is 2.61 bits per heavy atom. The maximum absolute atomic E-state index is 13.1. The van der Waals surface area contributed by atoms with E-state index in [1.165, 1.54) is 12.1 Å². The summed E-state index contributed by atoms with van der Waals surface area (Å²) < 4.78 is 30.9. The van der Waals surface area contributed by atoms with Crippen LogP contribution in [-0.4, -0.2) is 34.9 Å². The van der Waals surface area contributed by atoms with Gasteiger partial charge in [-0.1, -0.05) is 13.3 Å². The van der Waals surface area contributed by atoms with Crippen molar-refractivity contribution in [3.8, 4) is 11.5 Å². The monoisotopic (exact) mass is 433 g/mol. The zero-order valence-corrected chi connectivity index (χ0v) is 18.3. The first kappa shape index (κ1) is 23.4. The lowest BCUT2D eigenvalue weighted by atomic mass is 9.94. The quantitative estimate of drug-likeness (QED) is 0.502. The Bertz CT molecular complexity index is 835. The molecule has 2 aromatic rings. The molecule has 1 aliphatic carbocycles. The number of oxazole rings is 1. The normalized spacial score (nSPS) is 20.0. The maximum atomic E-state index is 13.1. The van der Waals surface area contributed by atoms with Crippen LogP contribution in [0.25, 0.3) is 11.5 Å². The van der Waals surface area contributed by atoms with Crippen LogP contribution in [0.5, 0.6) is 0 Å². The highest BCUT2D eigenvalue weighted by atomic mass is 19.1. The summed E-state index contributed by atoms with van der Waals surface area (Å²) in [5, 5.41) is 9.26. The minimum Gasteiger partial charge on any atom is -0.481 e. The molecular weight excluding hydrogens is 401 g/mol. The number of aryl methyl sites for hydroxylation is 1. The maximum Gasteiger partial charge on any atom is 0.306 e. The van der Waals surface area contributed by atoms with E-state index in [1.807, 2.05) is 13.8 Å². The molecule has 0 aliphatic heterocycles. The summed E-state index contributed by atoms with van der Waals surface area (Å²) in [5.74, 6) is -0.211. The lowest BCUT2D eigenvalue weighted by Gasteiger charge is -2.29. The molecule has 1 heterocycles. The van der Waals surface area contributed by atoms with Crippen LogP contribution >= 0.6 is 0 Å². The summed E-state index contributed by atoms with van der Waals surface area (Å²) >= 11 is 0. The van der Waals surface area contributed by atoms with Gasteiger partial charge in [0.1, 0.15) is 17.3 Å². The molecule has 170 valence electrons. The Morgan fingerprint density at radius 1 is 1.23 bits per heavy atom. The van der Waals surface area contributed by atoms with Crippen LogP contribution in [0.15, 0.2) is 28.7 Å². The zero-order chi connectivity index (χ0) is 22.2. The molecule has 3 atom stereocenters. The van der Waals surface area contributed by atoms with Gasteiger partial charge in [-0.3, -0.25) is 4.79 Å². The van der Waals surface area contributed by atoms with Gasteiger partial charge in [-0.2, -0.15) is 0 Å². The lowest BCUT2D eigenvalue weighted by molar-refractivity contribution is -0.143. The molecule has 6 nitrogen and oxygen atoms in total. The van der Waals surface area contributed by atoms with Crippen LogP contribution in [0.4, 0.5) is 4.39 Å². The number of rotatable bonds is 11. The molecule has 1 aromatic carbocycles. The predicted molar refractivity (Wildman–Crippen MR) is 114 cm³/mol. The molecule has 7 heteroatoms. The van der Waals surface area contributed by atoms with E-state index in [0.717, 1.165) is 43.4 Å². The highest BCUT2D eigenvalue weighted by Crippen LogP contribution is 2.27. The summed E-state index contributed by atoms with van der Waals surface area (Å²) in [6.07, 6.45) is 6.04. The number of hydrogen-bond donors (Lipinski definition) is 1. The van der Waals surface area contributed by atoms with Gasteiger partial charge in [0.25, 0.3) is 0 Å². The van der Waals surface area contributed by atoms with Crippen LogP contribution in [-0.2, 0) is 20.9 Å². The van der Waals surface area contributed by atoms with Crippen LogP contribution in [0.1, 0.15) is 63.3 Å². The molecule has 1 aromatic heterocycles. The first-order valence-electron chi connectivity index (χ1n) is 11.1. The SMILES string of the molecule is CCCC(CCOC1CCCC(OCc2nc(-c3ccc(F)cc3)oc2C)C1)C(=O)O. The molecule has 3 unspecified atom stereocenters. The minimum atomic E-state index is -0.738. The number of carbonyl (C=O) groups is 1. The highest BCUT2D eigenvalue weighted by Gasteiger charge is 2.25. The molecular formula is C24H32FNO5. The van der Waals surface area contributed by atoms with Crippen molar-refractivity contribution in [1.29, 1.82) is 0 Å². The van der Waals surface area contributed by atoms with Gasteiger partial charge in [-0.25, -0.2) is 9.37 Å². The third kappa shape index (κ3) is 6.87. The predicted octanol–water partition coefficient (Wildman–Crippen LogP) is 5.52. The highest BCUT2D eigenvalue weighted by molar-refractivity contribution is 5.69. The molecule has 0 bridgehead atoms. The van der Waals surface area contributed by atoms with Gasteiger partial charge in [-0.15, -0.1) is 0 Å². The van der Waals surface area contributed by atoms with E-state index in [9.17, 15) is 14.3 Å². The number of benzene rings is 1. The van der Waals surface area contributed by atoms with Crippen molar-refractivity contribution in [2.45, 2.75) is 77.6 Å². The Hall–Kier alpha value is -2.25. The second kappa shape index (κ2) is 11.4. The van der Waals surface area contributed by atoms with E-state index in [1.54, 1.807) is 12.1 Å². The zero-order valence-electron chi connectivity index (χ0n) is 18.3. The van der Waals surface area contributed by atoms with Crippen molar-refractivity contribution in [1.82, 2.24) is 4.98 Å².